The molecule has 7 nitrogen and oxygen atoms in total. The van der Waals surface area contributed by atoms with Crippen LogP contribution in [0.15, 0.2) is 47.4 Å². The van der Waals surface area contributed by atoms with E-state index in [-0.39, 0.29) is 17.3 Å². The summed E-state index contributed by atoms with van der Waals surface area (Å²) in [6.45, 7) is 5.73. The monoisotopic (exact) mass is 432 g/mol. The van der Waals surface area contributed by atoms with Gasteiger partial charge in [-0.3, -0.25) is 4.79 Å². The van der Waals surface area contributed by atoms with Gasteiger partial charge in [-0.25, -0.2) is 8.42 Å². The predicted octanol–water partition coefficient (Wildman–Crippen LogP) is 2.73. The fourth-order valence-electron chi connectivity index (χ4n) is 3.54. The van der Waals surface area contributed by atoms with Crippen molar-refractivity contribution >= 4 is 15.9 Å². The Morgan fingerprint density at radius 2 is 1.67 bits per heavy atom. The molecule has 1 amide bonds. The first-order chi connectivity index (χ1) is 14.1. The van der Waals surface area contributed by atoms with E-state index < -0.39 is 21.6 Å². The van der Waals surface area contributed by atoms with Crippen LogP contribution in [0.4, 0.5) is 0 Å². The lowest BCUT2D eigenvalue weighted by Gasteiger charge is -2.36. The van der Waals surface area contributed by atoms with Gasteiger partial charge in [0, 0.05) is 18.2 Å². The van der Waals surface area contributed by atoms with Crippen LogP contribution >= 0.6 is 0 Å². The third-order valence-electron chi connectivity index (χ3n) is 4.97. The van der Waals surface area contributed by atoms with Crippen molar-refractivity contribution in [3.05, 3.63) is 53.6 Å². The van der Waals surface area contributed by atoms with Crippen LogP contribution in [-0.2, 0) is 27.8 Å². The summed E-state index contributed by atoms with van der Waals surface area (Å²) in [4.78, 5) is 13.1. The van der Waals surface area contributed by atoms with Gasteiger partial charge < -0.3 is 14.8 Å². The molecule has 0 bridgehead atoms. The topological polar surface area (TPSA) is 84.9 Å². The molecule has 0 fully saturated rings. The van der Waals surface area contributed by atoms with Crippen molar-refractivity contribution in [3.63, 3.8) is 0 Å². The van der Waals surface area contributed by atoms with Gasteiger partial charge in [0.2, 0.25) is 15.9 Å². The average molecular weight is 433 g/mol. The number of hydrogen-bond donors (Lipinski definition) is 1. The quantitative estimate of drug-likeness (QED) is 0.785. The molecule has 2 aromatic rings. The molecule has 0 aromatic heterocycles. The molecular weight excluding hydrogens is 404 g/mol. The van der Waals surface area contributed by atoms with Gasteiger partial charge in [-0.2, -0.15) is 4.31 Å². The van der Waals surface area contributed by atoms with Crippen LogP contribution < -0.4 is 14.8 Å². The largest absolute Gasteiger partial charge is 0.493 e. The van der Waals surface area contributed by atoms with Crippen molar-refractivity contribution in [2.75, 3.05) is 14.2 Å². The summed E-state index contributed by atoms with van der Waals surface area (Å²) in [5.74, 6) is 0.426. The van der Waals surface area contributed by atoms with Crippen LogP contribution in [0.5, 0.6) is 11.5 Å². The molecule has 1 aliphatic heterocycles. The van der Waals surface area contributed by atoms with Gasteiger partial charge in [-0.15, -0.1) is 0 Å². The normalized spacial score (nSPS) is 17.2. The molecule has 0 aliphatic carbocycles. The smallest absolute Gasteiger partial charge is 0.244 e. The number of carbonyl (C=O) groups excluding carboxylic acids is 1. The summed E-state index contributed by atoms with van der Waals surface area (Å²) in [5, 5.41) is 2.92. The van der Waals surface area contributed by atoms with E-state index in [1.165, 1.54) is 30.7 Å². The zero-order chi connectivity index (χ0) is 22.1. The Morgan fingerprint density at radius 3 is 2.27 bits per heavy atom. The maximum absolute atomic E-state index is 13.6. The minimum absolute atomic E-state index is 0.0492. The summed E-state index contributed by atoms with van der Waals surface area (Å²) >= 11 is 0. The van der Waals surface area contributed by atoms with Crippen molar-refractivity contribution in [2.24, 2.45) is 0 Å². The van der Waals surface area contributed by atoms with Crippen molar-refractivity contribution < 1.29 is 22.7 Å². The highest BCUT2D eigenvalue weighted by Gasteiger charge is 2.40. The van der Waals surface area contributed by atoms with Gasteiger partial charge in [0.05, 0.1) is 19.1 Å². The molecule has 1 N–H and O–H groups in total. The van der Waals surface area contributed by atoms with Crippen molar-refractivity contribution in [2.45, 2.75) is 50.2 Å². The number of carbonyl (C=O) groups is 1. The highest BCUT2D eigenvalue weighted by molar-refractivity contribution is 7.89. The van der Waals surface area contributed by atoms with Crippen molar-refractivity contribution in [3.8, 4) is 11.5 Å². The van der Waals surface area contributed by atoms with E-state index >= 15 is 0 Å². The lowest BCUT2D eigenvalue weighted by molar-refractivity contribution is -0.126. The van der Waals surface area contributed by atoms with Crippen LogP contribution in [0, 0.1) is 0 Å². The van der Waals surface area contributed by atoms with Gasteiger partial charge >= 0.3 is 0 Å². The van der Waals surface area contributed by atoms with Crippen molar-refractivity contribution in [1.82, 2.24) is 9.62 Å². The number of hydrogen-bond acceptors (Lipinski definition) is 5. The van der Waals surface area contributed by atoms with Crippen LogP contribution in [0.3, 0.4) is 0 Å². The number of nitrogens with zero attached hydrogens (tertiary/aromatic N) is 1. The van der Waals surface area contributed by atoms with E-state index in [9.17, 15) is 13.2 Å². The zero-order valence-corrected chi connectivity index (χ0v) is 18.7. The molecule has 1 aliphatic rings. The van der Waals surface area contributed by atoms with Gasteiger partial charge in [0.25, 0.3) is 0 Å². The number of rotatable bonds is 5. The Kier molecular flexibility index (Phi) is 6.10. The molecule has 1 atom stereocenters. The molecule has 0 saturated carbocycles. The summed E-state index contributed by atoms with van der Waals surface area (Å²) in [5.41, 5.74) is 1.39. The maximum atomic E-state index is 13.6. The Balaban J connectivity index is 2.06. The first-order valence-electron chi connectivity index (χ1n) is 9.69. The summed E-state index contributed by atoms with van der Waals surface area (Å²) in [7, 11) is -1.04. The summed E-state index contributed by atoms with van der Waals surface area (Å²) in [6.07, 6.45) is 0.310. The number of fused-ring (bicyclic) bond motifs is 1. The lowest BCUT2D eigenvalue weighted by atomic mass is 9.95. The zero-order valence-electron chi connectivity index (χ0n) is 17.9. The second kappa shape index (κ2) is 8.28. The first-order valence-corrected chi connectivity index (χ1v) is 11.1. The van der Waals surface area contributed by atoms with E-state index in [1.807, 2.05) is 45.0 Å². The molecule has 30 heavy (non-hydrogen) atoms. The second-order valence-corrected chi connectivity index (χ2v) is 10.2. The Bertz CT molecular complexity index is 1040. The van der Waals surface area contributed by atoms with Crippen molar-refractivity contribution in [1.29, 1.82) is 0 Å². The molecule has 2 aromatic carbocycles. The molecular formula is C22H28N2O5S. The van der Waals surface area contributed by atoms with Gasteiger partial charge in [0.15, 0.2) is 11.5 Å². The molecule has 1 heterocycles. The van der Waals surface area contributed by atoms with Crippen LogP contribution in [0.1, 0.15) is 31.9 Å². The standard InChI is InChI=1S/C22H28N2O5S/c1-22(2,3)23-21(25)18-12-15-8-6-7-9-16(15)14-24(18)30(26,27)17-10-11-19(28-4)20(13-17)29-5/h6-11,13,18H,12,14H2,1-5H3,(H,23,25)/t18-/m0/s1. The van der Waals surface area contributed by atoms with Crippen LogP contribution in [0.2, 0.25) is 0 Å². The summed E-state index contributed by atoms with van der Waals surface area (Å²) < 4.78 is 38.9. The summed E-state index contributed by atoms with van der Waals surface area (Å²) in [6, 6.07) is 11.2. The number of sulfonamides is 1. The van der Waals surface area contributed by atoms with Gasteiger partial charge in [-0.1, -0.05) is 24.3 Å². The average Bonchev–Trinajstić information content (AvgIpc) is 2.70. The van der Waals surface area contributed by atoms with Gasteiger partial charge in [-0.05, 0) is 50.5 Å². The van der Waals surface area contributed by atoms with E-state index in [0.29, 0.717) is 17.9 Å². The molecule has 0 unspecified atom stereocenters. The highest BCUT2D eigenvalue weighted by atomic mass is 32.2. The van der Waals surface area contributed by atoms with Gasteiger partial charge in [0.1, 0.15) is 6.04 Å². The molecule has 162 valence electrons. The van der Waals surface area contributed by atoms with E-state index in [1.54, 1.807) is 6.07 Å². The fourth-order valence-corrected chi connectivity index (χ4v) is 5.12. The lowest BCUT2D eigenvalue weighted by Crippen LogP contribution is -2.55. The van der Waals surface area contributed by atoms with Crippen LogP contribution in [-0.4, -0.2) is 44.4 Å². The van der Waals surface area contributed by atoms with E-state index in [2.05, 4.69) is 5.32 Å². The van der Waals surface area contributed by atoms with E-state index in [4.69, 9.17) is 9.47 Å². The highest BCUT2D eigenvalue weighted by Crippen LogP contribution is 2.34. The van der Waals surface area contributed by atoms with Crippen LogP contribution in [0.25, 0.3) is 0 Å². The fraction of sp³-hybridized carbons (Fsp3) is 0.409. The maximum Gasteiger partial charge on any atom is 0.244 e. The minimum Gasteiger partial charge on any atom is -0.493 e. The Labute approximate surface area is 178 Å². The van der Waals surface area contributed by atoms with E-state index in [0.717, 1.165) is 11.1 Å². The Morgan fingerprint density at radius 1 is 1.03 bits per heavy atom. The third-order valence-corrected chi connectivity index (χ3v) is 6.82. The number of nitrogens with one attached hydrogen (secondary N) is 1. The molecule has 0 saturated heterocycles. The first kappa shape index (κ1) is 22.1. The SMILES string of the molecule is COc1ccc(S(=O)(=O)N2Cc3ccccc3C[C@H]2C(=O)NC(C)(C)C)cc1OC. The number of ether oxygens (including phenoxy) is 2. The molecule has 8 heteroatoms. The molecule has 0 radical (unpaired) electrons. The predicted molar refractivity (Wildman–Crippen MR) is 114 cm³/mol. The molecule has 0 spiro atoms. The third kappa shape index (κ3) is 4.44. The second-order valence-electron chi connectivity index (χ2n) is 8.29. The number of amides is 1. The Hall–Kier alpha value is -2.58. The number of benzene rings is 2. The minimum atomic E-state index is -3.98. The number of methoxy groups -OCH3 is 2. The molecule has 3 rings (SSSR count).